The summed E-state index contributed by atoms with van der Waals surface area (Å²) in [6.07, 6.45) is 4.77. The zero-order valence-corrected chi connectivity index (χ0v) is 12.2. The molecule has 1 aromatic rings. The molecule has 6 heteroatoms. The summed E-state index contributed by atoms with van der Waals surface area (Å²) in [5, 5.41) is 4.23. The number of anilines is 1. The Bertz CT molecular complexity index is 435. The summed E-state index contributed by atoms with van der Waals surface area (Å²) in [6.45, 7) is 2.12. The van der Waals surface area contributed by atoms with Gasteiger partial charge in [-0.05, 0) is 25.4 Å². The van der Waals surface area contributed by atoms with E-state index in [9.17, 15) is 4.79 Å². The van der Waals surface area contributed by atoms with Gasteiger partial charge in [-0.15, -0.1) is 0 Å². The Labute approximate surface area is 111 Å². The third-order valence-corrected chi connectivity index (χ3v) is 3.84. The minimum atomic E-state index is -0.256. The van der Waals surface area contributed by atoms with Crippen LogP contribution in [0.15, 0.2) is 11.0 Å². The summed E-state index contributed by atoms with van der Waals surface area (Å²) in [5.41, 5.74) is 0.441. The van der Waals surface area contributed by atoms with E-state index in [4.69, 9.17) is 11.6 Å². The van der Waals surface area contributed by atoms with Crippen molar-refractivity contribution in [1.29, 1.82) is 0 Å². The lowest BCUT2D eigenvalue weighted by Crippen LogP contribution is -2.32. The highest BCUT2D eigenvalue weighted by Crippen LogP contribution is 2.22. The third-order valence-electron chi connectivity index (χ3n) is 2.84. The van der Waals surface area contributed by atoms with Crippen molar-refractivity contribution >= 4 is 29.1 Å². The predicted molar refractivity (Wildman–Crippen MR) is 75.4 cm³/mol. The fraction of sp³-hybridized carbons (Fsp3) is 0.636. The van der Waals surface area contributed by atoms with Gasteiger partial charge in [0.1, 0.15) is 5.02 Å². The maximum atomic E-state index is 11.7. The van der Waals surface area contributed by atoms with Crippen LogP contribution < -0.4 is 10.5 Å². The molecule has 1 rings (SSSR count). The standard InChI is InChI=1S/C11H18ClN3OS/c1-8(5-6-17-4)14(2)9-7-13-15(3)11(16)10(9)12/h7-8H,5-6H2,1-4H3. The molecule has 0 aliphatic rings. The third kappa shape index (κ3) is 3.39. The average Bonchev–Trinajstić information content (AvgIpc) is 2.32. The van der Waals surface area contributed by atoms with Gasteiger partial charge in [-0.1, -0.05) is 11.6 Å². The zero-order chi connectivity index (χ0) is 13.0. The Morgan fingerprint density at radius 2 is 2.29 bits per heavy atom. The van der Waals surface area contributed by atoms with Crippen molar-refractivity contribution in [2.24, 2.45) is 7.05 Å². The lowest BCUT2D eigenvalue weighted by molar-refractivity contribution is 0.655. The van der Waals surface area contributed by atoms with Gasteiger partial charge in [0, 0.05) is 20.1 Å². The van der Waals surface area contributed by atoms with Crippen LogP contribution in [-0.2, 0) is 7.05 Å². The summed E-state index contributed by atoms with van der Waals surface area (Å²) >= 11 is 7.86. The van der Waals surface area contributed by atoms with E-state index in [0.29, 0.717) is 11.7 Å². The molecule has 0 saturated carbocycles. The Hall–Kier alpha value is -0.680. The van der Waals surface area contributed by atoms with Crippen molar-refractivity contribution < 1.29 is 0 Å². The van der Waals surface area contributed by atoms with Crippen LogP contribution in [0.4, 0.5) is 5.69 Å². The molecule has 0 aromatic carbocycles. The molecule has 0 amide bonds. The SMILES string of the molecule is CSCCC(C)N(C)c1cnn(C)c(=O)c1Cl. The molecule has 1 aromatic heterocycles. The van der Waals surface area contributed by atoms with E-state index in [0.717, 1.165) is 12.2 Å². The predicted octanol–water partition coefficient (Wildman–Crippen LogP) is 2.01. The number of aryl methyl sites for hydroxylation is 1. The van der Waals surface area contributed by atoms with Gasteiger partial charge in [-0.3, -0.25) is 4.79 Å². The summed E-state index contributed by atoms with van der Waals surface area (Å²) in [4.78, 5) is 13.7. The number of aromatic nitrogens is 2. The topological polar surface area (TPSA) is 38.1 Å². The van der Waals surface area contributed by atoms with Crippen LogP contribution >= 0.6 is 23.4 Å². The Kier molecular flexibility index (Phi) is 5.33. The van der Waals surface area contributed by atoms with Crippen LogP contribution in [0.1, 0.15) is 13.3 Å². The molecule has 96 valence electrons. The maximum Gasteiger partial charge on any atom is 0.287 e. The summed E-state index contributed by atoms with van der Waals surface area (Å²) in [5.74, 6) is 1.08. The molecule has 17 heavy (non-hydrogen) atoms. The van der Waals surface area contributed by atoms with Crippen molar-refractivity contribution in [3.8, 4) is 0 Å². The van der Waals surface area contributed by atoms with Gasteiger partial charge in [0.25, 0.3) is 5.56 Å². The fourth-order valence-corrected chi connectivity index (χ4v) is 2.35. The largest absolute Gasteiger partial charge is 0.369 e. The summed E-state index contributed by atoms with van der Waals surface area (Å²) < 4.78 is 1.24. The van der Waals surface area contributed by atoms with Gasteiger partial charge in [-0.25, -0.2) is 4.68 Å². The number of hydrogen-bond acceptors (Lipinski definition) is 4. The molecule has 0 bridgehead atoms. The maximum absolute atomic E-state index is 11.7. The molecular weight excluding hydrogens is 258 g/mol. The lowest BCUT2D eigenvalue weighted by Gasteiger charge is -2.27. The number of halogens is 1. The van der Waals surface area contributed by atoms with Crippen LogP contribution in [0.25, 0.3) is 0 Å². The molecule has 1 unspecified atom stereocenters. The molecule has 0 saturated heterocycles. The van der Waals surface area contributed by atoms with E-state index in [1.165, 1.54) is 4.68 Å². The first kappa shape index (κ1) is 14.4. The smallest absolute Gasteiger partial charge is 0.287 e. The van der Waals surface area contributed by atoms with Gasteiger partial charge in [0.15, 0.2) is 0 Å². The van der Waals surface area contributed by atoms with E-state index < -0.39 is 0 Å². The van der Waals surface area contributed by atoms with Crippen molar-refractivity contribution in [3.05, 3.63) is 21.6 Å². The highest BCUT2D eigenvalue weighted by Gasteiger charge is 2.15. The molecule has 0 fully saturated rings. The van der Waals surface area contributed by atoms with E-state index in [1.54, 1.807) is 13.2 Å². The summed E-state index contributed by atoms with van der Waals surface area (Å²) in [7, 11) is 3.53. The summed E-state index contributed by atoms with van der Waals surface area (Å²) in [6, 6.07) is 0.328. The first-order valence-corrected chi connectivity index (χ1v) is 7.19. The number of nitrogens with zero attached hydrogens (tertiary/aromatic N) is 3. The quantitative estimate of drug-likeness (QED) is 0.824. The average molecular weight is 276 g/mol. The fourth-order valence-electron chi connectivity index (χ4n) is 1.47. The second kappa shape index (κ2) is 6.31. The van der Waals surface area contributed by atoms with E-state index in [-0.39, 0.29) is 10.6 Å². The molecular formula is C11H18ClN3OS. The van der Waals surface area contributed by atoms with Crippen LogP contribution in [0.5, 0.6) is 0 Å². The normalized spacial score (nSPS) is 12.5. The van der Waals surface area contributed by atoms with Crippen LogP contribution in [0, 0.1) is 0 Å². The molecule has 0 radical (unpaired) electrons. The van der Waals surface area contributed by atoms with Gasteiger partial charge in [0.2, 0.25) is 0 Å². The molecule has 1 atom stereocenters. The van der Waals surface area contributed by atoms with Crippen LogP contribution in [-0.4, -0.2) is 34.9 Å². The molecule has 0 aliphatic carbocycles. The lowest BCUT2D eigenvalue weighted by atomic mass is 10.2. The van der Waals surface area contributed by atoms with Gasteiger partial charge < -0.3 is 4.90 Å². The van der Waals surface area contributed by atoms with E-state index in [1.807, 2.05) is 23.7 Å². The Balaban J connectivity index is 2.93. The Morgan fingerprint density at radius 1 is 1.65 bits per heavy atom. The monoisotopic (exact) mass is 275 g/mol. The zero-order valence-electron chi connectivity index (χ0n) is 10.6. The molecule has 1 heterocycles. The molecule has 0 aliphatic heterocycles. The second-order valence-electron chi connectivity index (χ2n) is 4.01. The first-order chi connectivity index (χ1) is 7.99. The highest BCUT2D eigenvalue weighted by atomic mass is 35.5. The molecule has 0 spiro atoms. The van der Waals surface area contributed by atoms with E-state index in [2.05, 4.69) is 18.3 Å². The van der Waals surface area contributed by atoms with Crippen LogP contribution in [0.3, 0.4) is 0 Å². The van der Waals surface area contributed by atoms with Crippen molar-refractivity contribution in [3.63, 3.8) is 0 Å². The van der Waals surface area contributed by atoms with Crippen LogP contribution in [0.2, 0.25) is 5.02 Å². The minimum absolute atomic E-state index is 0.237. The number of thioether (sulfide) groups is 1. The minimum Gasteiger partial charge on any atom is -0.369 e. The van der Waals surface area contributed by atoms with Gasteiger partial charge in [0.05, 0.1) is 11.9 Å². The Morgan fingerprint density at radius 3 is 2.88 bits per heavy atom. The van der Waals surface area contributed by atoms with E-state index >= 15 is 0 Å². The molecule has 0 N–H and O–H groups in total. The second-order valence-corrected chi connectivity index (χ2v) is 5.38. The van der Waals surface area contributed by atoms with Crippen molar-refractivity contribution in [2.45, 2.75) is 19.4 Å². The highest BCUT2D eigenvalue weighted by molar-refractivity contribution is 7.98. The number of hydrogen-bond donors (Lipinski definition) is 0. The molecule has 4 nitrogen and oxygen atoms in total. The van der Waals surface area contributed by atoms with Crippen molar-refractivity contribution in [1.82, 2.24) is 9.78 Å². The number of rotatable bonds is 5. The van der Waals surface area contributed by atoms with Crippen molar-refractivity contribution in [2.75, 3.05) is 24.0 Å². The van der Waals surface area contributed by atoms with Gasteiger partial charge in [-0.2, -0.15) is 16.9 Å². The van der Waals surface area contributed by atoms with Gasteiger partial charge >= 0.3 is 0 Å². The first-order valence-electron chi connectivity index (χ1n) is 5.42.